The summed E-state index contributed by atoms with van der Waals surface area (Å²) in [6.07, 6.45) is 1.25. The third-order valence-corrected chi connectivity index (χ3v) is 2.70. The second-order valence-corrected chi connectivity index (χ2v) is 3.71. The molecular formula is C9H12ClN3. The number of aryl methyl sites for hydroxylation is 1. The maximum Gasteiger partial charge on any atom is 0.137 e. The highest BCUT2D eigenvalue weighted by Gasteiger charge is 2.19. The Bertz CT molecular complexity index is 334. The average Bonchev–Trinajstić information content (AvgIpc) is 1.95. The highest BCUT2D eigenvalue weighted by molar-refractivity contribution is 6.30. The van der Waals surface area contributed by atoms with Gasteiger partial charge in [-0.2, -0.15) is 0 Å². The average molecular weight is 198 g/mol. The predicted octanol–water partition coefficient (Wildman–Crippen LogP) is 1.96. The smallest absolute Gasteiger partial charge is 0.137 e. The van der Waals surface area contributed by atoms with Crippen molar-refractivity contribution in [1.29, 1.82) is 0 Å². The Balaban J connectivity index is 2.42. The second kappa shape index (κ2) is 3.14. The fraction of sp³-hybridized carbons (Fsp3) is 0.556. The summed E-state index contributed by atoms with van der Waals surface area (Å²) in [5.41, 5.74) is 0.993. The molecule has 1 fully saturated rings. The summed E-state index contributed by atoms with van der Waals surface area (Å²) >= 11 is 5.97. The normalized spacial score (nSPS) is 15.8. The molecule has 0 unspecified atom stereocenters. The summed E-state index contributed by atoms with van der Waals surface area (Å²) in [7, 11) is 0. The molecule has 70 valence electrons. The number of rotatable bonds is 1. The molecule has 1 aromatic heterocycles. The van der Waals surface area contributed by atoms with Gasteiger partial charge < -0.3 is 4.90 Å². The lowest BCUT2D eigenvalue weighted by atomic mass is 10.2. The van der Waals surface area contributed by atoms with Gasteiger partial charge >= 0.3 is 0 Å². The Kier molecular flexibility index (Phi) is 2.12. The molecule has 0 amide bonds. The first kappa shape index (κ1) is 8.75. The summed E-state index contributed by atoms with van der Waals surface area (Å²) in [4.78, 5) is 10.7. The third kappa shape index (κ3) is 1.48. The van der Waals surface area contributed by atoms with E-state index in [1.807, 2.05) is 13.8 Å². The van der Waals surface area contributed by atoms with Gasteiger partial charge in [0.25, 0.3) is 0 Å². The van der Waals surface area contributed by atoms with Crippen molar-refractivity contribution in [3.05, 3.63) is 16.5 Å². The van der Waals surface area contributed by atoms with Crippen molar-refractivity contribution < 1.29 is 0 Å². The van der Waals surface area contributed by atoms with Gasteiger partial charge in [0.1, 0.15) is 16.8 Å². The molecule has 2 heterocycles. The van der Waals surface area contributed by atoms with Crippen molar-refractivity contribution in [1.82, 2.24) is 9.97 Å². The van der Waals surface area contributed by atoms with E-state index in [4.69, 9.17) is 11.6 Å². The SMILES string of the molecule is Cc1nc(Cl)c(C)c(N2CCC2)n1. The number of nitrogens with zero attached hydrogens (tertiary/aromatic N) is 3. The number of aromatic nitrogens is 2. The monoisotopic (exact) mass is 197 g/mol. The minimum absolute atomic E-state index is 0.578. The highest BCUT2D eigenvalue weighted by atomic mass is 35.5. The van der Waals surface area contributed by atoms with Crippen molar-refractivity contribution in [3.63, 3.8) is 0 Å². The van der Waals surface area contributed by atoms with Crippen molar-refractivity contribution in [3.8, 4) is 0 Å². The lowest BCUT2D eigenvalue weighted by Crippen LogP contribution is -2.38. The predicted molar refractivity (Wildman–Crippen MR) is 53.3 cm³/mol. The molecule has 0 spiro atoms. The van der Waals surface area contributed by atoms with Crippen LogP contribution in [0.25, 0.3) is 0 Å². The number of hydrogen-bond donors (Lipinski definition) is 0. The zero-order chi connectivity index (χ0) is 9.42. The minimum atomic E-state index is 0.578. The van der Waals surface area contributed by atoms with Gasteiger partial charge in [0, 0.05) is 18.7 Å². The lowest BCUT2D eigenvalue weighted by Gasteiger charge is -2.33. The van der Waals surface area contributed by atoms with Crippen molar-refractivity contribution in [2.75, 3.05) is 18.0 Å². The van der Waals surface area contributed by atoms with E-state index >= 15 is 0 Å². The Morgan fingerprint density at radius 3 is 2.46 bits per heavy atom. The van der Waals surface area contributed by atoms with Gasteiger partial charge in [-0.15, -0.1) is 0 Å². The van der Waals surface area contributed by atoms with Gasteiger partial charge in [0.15, 0.2) is 0 Å². The molecule has 1 aliphatic heterocycles. The molecule has 0 aliphatic carbocycles. The second-order valence-electron chi connectivity index (χ2n) is 3.35. The van der Waals surface area contributed by atoms with Gasteiger partial charge in [-0.05, 0) is 20.3 Å². The summed E-state index contributed by atoms with van der Waals surface area (Å²) in [5.74, 6) is 1.75. The molecule has 1 aromatic rings. The van der Waals surface area contributed by atoms with Crippen LogP contribution in [-0.4, -0.2) is 23.1 Å². The molecule has 0 N–H and O–H groups in total. The van der Waals surface area contributed by atoms with E-state index in [1.54, 1.807) is 0 Å². The minimum Gasteiger partial charge on any atom is -0.356 e. The van der Waals surface area contributed by atoms with Gasteiger partial charge in [-0.25, -0.2) is 9.97 Å². The van der Waals surface area contributed by atoms with Crippen molar-refractivity contribution >= 4 is 17.4 Å². The largest absolute Gasteiger partial charge is 0.356 e. The van der Waals surface area contributed by atoms with Crippen LogP contribution in [0, 0.1) is 13.8 Å². The molecule has 13 heavy (non-hydrogen) atoms. The summed E-state index contributed by atoms with van der Waals surface area (Å²) < 4.78 is 0. The first-order chi connectivity index (χ1) is 6.18. The fourth-order valence-electron chi connectivity index (χ4n) is 1.42. The first-order valence-corrected chi connectivity index (χ1v) is 4.82. The molecule has 1 aliphatic rings. The number of hydrogen-bond acceptors (Lipinski definition) is 3. The van der Waals surface area contributed by atoms with E-state index < -0.39 is 0 Å². The van der Waals surface area contributed by atoms with Crippen molar-refractivity contribution in [2.24, 2.45) is 0 Å². The third-order valence-electron chi connectivity index (χ3n) is 2.33. The zero-order valence-electron chi connectivity index (χ0n) is 7.84. The van der Waals surface area contributed by atoms with Crippen LogP contribution in [0.5, 0.6) is 0 Å². The van der Waals surface area contributed by atoms with Crippen molar-refractivity contribution in [2.45, 2.75) is 20.3 Å². The molecule has 0 atom stereocenters. The molecule has 1 saturated heterocycles. The maximum absolute atomic E-state index is 5.97. The Labute approximate surface area is 82.8 Å². The van der Waals surface area contributed by atoms with E-state index in [1.165, 1.54) is 6.42 Å². The molecule has 0 saturated carbocycles. The molecule has 0 radical (unpaired) electrons. The highest BCUT2D eigenvalue weighted by Crippen LogP contribution is 2.26. The number of halogens is 1. The van der Waals surface area contributed by atoms with Crippen LogP contribution in [0.3, 0.4) is 0 Å². The summed E-state index contributed by atoms with van der Waals surface area (Å²) in [6, 6.07) is 0. The van der Waals surface area contributed by atoms with Crippen LogP contribution in [0.2, 0.25) is 5.15 Å². The van der Waals surface area contributed by atoms with E-state index in [2.05, 4.69) is 14.9 Å². The molecular weight excluding hydrogens is 186 g/mol. The molecule has 3 nitrogen and oxygen atoms in total. The molecule has 2 rings (SSSR count). The quantitative estimate of drug-likeness (QED) is 0.645. The summed E-state index contributed by atoms with van der Waals surface area (Å²) in [6.45, 7) is 6.02. The Hall–Kier alpha value is -0.830. The molecule has 4 heteroatoms. The molecule has 0 bridgehead atoms. The van der Waals surface area contributed by atoms with E-state index in [0.29, 0.717) is 5.15 Å². The number of anilines is 1. The van der Waals surface area contributed by atoms with E-state index in [9.17, 15) is 0 Å². The Morgan fingerprint density at radius 1 is 1.23 bits per heavy atom. The topological polar surface area (TPSA) is 29.0 Å². The van der Waals surface area contributed by atoms with Crippen LogP contribution >= 0.6 is 11.6 Å². The summed E-state index contributed by atoms with van der Waals surface area (Å²) in [5, 5.41) is 0.578. The fourth-order valence-corrected chi connectivity index (χ4v) is 1.62. The van der Waals surface area contributed by atoms with E-state index in [0.717, 1.165) is 30.3 Å². The van der Waals surface area contributed by atoms with Crippen LogP contribution in [0.4, 0.5) is 5.82 Å². The van der Waals surface area contributed by atoms with Gasteiger partial charge in [-0.1, -0.05) is 11.6 Å². The van der Waals surface area contributed by atoms with E-state index in [-0.39, 0.29) is 0 Å². The van der Waals surface area contributed by atoms with Gasteiger partial charge in [0.2, 0.25) is 0 Å². The zero-order valence-corrected chi connectivity index (χ0v) is 8.60. The molecule has 0 aromatic carbocycles. The first-order valence-electron chi connectivity index (χ1n) is 4.44. The maximum atomic E-state index is 5.97. The van der Waals surface area contributed by atoms with Crippen LogP contribution in [-0.2, 0) is 0 Å². The van der Waals surface area contributed by atoms with Crippen LogP contribution in [0.15, 0.2) is 0 Å². The van der Waals surface area contributed by atoms with Gasteiger partial charge in [0.05, 0.1) is 0 Å². The van der Waals surface area contributed by atoms with Crippen LogP contribution in [0.1, 0.15) is 17.8 Å². The van der Waals surface area contributed by atoms with Gasteiger partial charge in [-0.3, -0.25) is 0 Å². The standard InChI is InChI=1S/C9H12ClN3/c1-6-8(10)11-7(2)12-9(6)13-4-3-5-13/h3-5H2,1-2H3. The Morgan fingerprint density at radius 2 is 1.92 bits per heavy atom. The lowest BCUT2D eigenvalue weighted by molar-refractivity contribution is 0.605. The van der Waals surface area contributed by atoms with Crippen LogP contribution < -0.4 is 4.90 Å².